The third-order valence-corrected chi connectivity index (χ3v) is 2.52. The van der Waals surface area contributed by atoms with Crippen molar-refractivity contribution in [3.8, 4) is 0 Å². The topological polar surface area (TPSA) is 20.2 Å². The summed E-state index contributed by atoms with van der Waals surface area (Å²) >= 11 is 0. The van der Waals surface area contributed by atoms with Crippen LogP contribution in [0.4, 0.5) is 0 Å². The number of aliphatic hydroxyl groups is 1. The first-order chi connectivity index (χ1) is 8.12. The molecule has 0 amide bonds. The number of rotatable bonds is 5. The summed E-state index contributed by atoms with van der Waals surface area (Å²) in [7, 11) is 0. The molecule has 0 spiro atoms. The molecule has 1 aromatic carbocycles. The van der Waals surface area contributed by atoms with E-state index in [0.717, 1.165) is 11.1 Å². The number of hydrogen-bond donors (Lipinski definition) is 1. The first-order valence-corrected chi connectivity index (χ1v) is 6.14. The number of benzene rings is 1. The van der Waals surface area contributed by atoms with E-state index in [9.17, 15) is 5.11 Å². The summed E-state index contributed by atoms with van der Waals surface area (Å²) < 4.78 is 0. The molecule has 0 fully saturated rings. The molecule has 1 aromatic rings. The summed E-state index contributed by atoms with van der Waals surface area (Å²) in [6.07, 6.45) is 4.57. The van der Waals surface area contributed by atoms with Crippen LogP contribution in [0.15, 0.2) is 49.6 Å². The third-order valence-electron chi connectivity index (χ3n) is 2.52. The molecule has 0 saturated carbocycles. The van der Waals surface area contributed by atoms with Gasteiger partial charge in [-0.3, -0.25) is 0 Å². The Morgan fingerprint density at radius 3 is 2.12 bits per heavy atom. The van der Waals surface area contributed by atoms with Gasteiger partial charge in [0.1, 0.15) is 0 Å². The highest BCUT2D eigenvalue weighted by Crippen LogP contribution is 2.29. The molecule has 0 aliphatic rings. The molecule has 0 aliphatic heterocycles. The van der Waals surface area contributed by atoms with Gasteiger partial charge < -0.3 is 5.11 Å². The van der Waals surface area contributed by atoms with E-state index in [-0.39, 0.29) is 0 Å². The molecule has 1 N–H and O–H groups in total. The van der Waals surface area contributed by atoms with E-state index in [1.807, 2.05) is 45.0 Å². The molecular formula is C16H24O. The van der Waals surface area contributed by atoms with Crippen LogP contribution in [-0.4, -0.2) is 5.11 Å². The molecule has 0 radical (unpaired) electrons. The summed E-state index contributed by atoms with van der Waals surface area (Å²) in [6, 6.07) is 7.93. The van der Waals surface area contributed by atoms with Gasteiger partial charge >= 0.3 is 0 Å². The van der Waals surface area contributed by atoms with Crippen LogP contribution < -0.4 is 0 Å². The van der Waals surface area contributed by atoms with Crippen LogP contribution in [-0.2, 0) is 5.60 Å². The van der Waals surface area contributed by atoms with Gasteiger partial charge in [-0.1, -0.05) is 55.8 Å². The zero-order chi connectivity index (χ0) is 13.3. The molecule has 0 heterocycles. The first kappa shape index (κ1) is 15.7. The Balaban J connectivity index is 0.00000121. The van der Waals surface area contributed by atoms with Gasteiger partial charge in [-0.05, 0) is 25.3 Å². The van der Waals surface area contributed by atoms with Gasteiger partial charge in [0.05, 0.1) is 5.60 Å². The lowest BCUT2D eigenvalue weighted by molar-refractivity contribution is 0.0429. The van der Waals surface area contributed by atoms with E-state index < -0.39 is 5.60 Å². The largest absolute Gasteiger partial charge is 0.385 e. The van der Waals surface area contributed by atoms with Crippen molar-refractivity contribution in [1.29, 1.82) is 0 Å². The quantitative estimate of drug-likeness (QED) is 0.748. The summed E-state index contributed by atoms with van der Waals surface area (Å²) in [5.41, 5.74) is 1.23. The summed E-state index contributed by atoms with van der Waals surface area (Å²) in [4.78, 5) is 0. The standard InChI is InChI=1S/C14H18O.C2H6/c1-4-9-14(15,10-5-2)13-8-6-7-12(3)11-13;1-2/h4-8,11,15H,1-2,9-10H2,3H3;1-2H3. The Labute approximate surface area is 106 Å². The highest BCUT2D eigenvalue weighted by molar-refractivity contribution is 5.28. The maximum absolute atomic E-state index is 10.5. The van der Waals surface area contributed by atoms with Crippen LogP contribution in [0, 0.1) is 6.92 Å². The summed E-state index contributed by atoms with van der Waals surface area (Å²) in [5.74, 6) is 0. The predicted molar refractivity (Wildman–Crippen MR) is 76.1 cm³/mol. The van der Waals surface area contributed by atoms with Crippen LogP contribution in [0.5, 0.6) is 0 Å². The average molecular weight is 232 g/mol. The van der Waals surface area contributed by atoms with E-state index in [2.05, 4.69) is 13.2 Å². The molecule has 94 valence electrons. The Kier molecular flexibility index (Phi) is 7.24. The van der Waals surface area contributed by atoms with Crippen LogP contribution >= 0.6 is 0 Å². The van der Waals surface area contributed by atoms with Gasteiger partial charge in [0, 0.05) is 0 Å². The fraction of sp³-hybridized carbons (Fsp3) is 0.375. The van der Waals surface area contributed by atoms with Crippen LogP contribution in [0.2, 0.25) is 0 Å². The third kappa shape index (κ3) is 4.58. The maximum atomic E-state index is 10.5. The molecular weight excluding hydrogens is 208 g/mol. The zero-order valence-corrected chi connectivity index (χ0v) is 11.2. The van der Waals surface area contributed by atoms with Gasteiger partial charge in [0.15, 0.2) is 0 Å². The minimum absolute atomic E-state index is 0.544. The minimum Gasteiger partial charge on any atom is -0.385 e. The SMILES string of the molecule is C=CCC(O)(CC=C)c1cccc(C)c1.CC. The van der Waals surface area contributed by atoms with Crippen molar-refractivity contribution in [3.05, 3.63) is 60.7 Å². The molecule has 0 unspecified atom stereocenters. The summed E-state index contributed by atoms with van der Waals surface area (Å²) in [5, 5.41) is 10.5. The Morgan fingerprint density at radius 2 is 1.71 bits per heavy atom. The second-order valence-corrected chi connectivity index (χ2v) is 3.89. The van der Waals surface area contributed by atoms with Crippen molar-refractivity contribution in [3.63, 3.8) is 0 Å². The molecule has 0 aromatic heterocycles. The molecule has 1 nitrogen and oxygen atoms in total. The summed E-state index contributed by atoms with van der Waals surface area (Å²) in [6.45, 7) is 13.4. The Morgan fingerprint density at radius 1 is 1.18 bits per heavy atom. The van der Waals surface area contributed by atoms with Crippen LogP contribution in [0.3, 0.4) is 0 Å². The monoisotopic (exact) mass is 232 g/mol. The van der Waals surface area contributed by atoms with Crippen LogP contribution in [0.1, 0.15) is 37.8 Å². The maximum Gasteiger partial charge on any atom is 0.0964 e. The van der Waals surface area contributed by atoms with E-state index in [4.69, 9.17) is 0 Å². The van der Waals surface area contributed by atoms with Crippen molar-refractivity contribution in [2.45, 2.75) is 39.2 Å². The smallest absolute Gasteiger partial charge is 0.0964 e. The fourth-order valence-electron chi connectivity index (χ4n) is 1.73. The van der Waals surface area contributed by atoms with Crippen molar-refractivity contribution in [2.75, 3.05) is 0 Å². The van der Waals surface area contributed by atoms with E-state index in [1.165, 1.54) is 0 Å². The van der Waals surface area contributed by atoms with Gasteiger partial charge in [0.25, 0.3) is 0 Å². The highest BCUT2D eigenvalue weighted by Gasteiger charge is 2.25. The molecule has 1 heteroatoms. The molecule has 0 saturated heterocycles. The molecule has 1 rings (SSSR count). The van der Waals surface area contributed by atoms with Crippen molar-refractivity contribution < 1.29 is 5.11 Å². The highest BCUT2D eigenvalue weighted by atomic mass is 16.3. The molecule has 0 bridgehead atoms. The zero-order valence-electron chi connectivity index (χ0n) is 11.2. The van der Waals surface area contributed by atoms with Gasteiger partial charge in [-0.15, -0.1) is 13.2 Å². The van der Waals surface area contributed by atoms with E-state index >= 15 is 0 Å². The van der Waals surface area contributed by atoms with E-state index in [1.54, 1.807) is 12.2 Å². The Bertz CT molecular complexity index is 342. The predicted octanol–water partition coefficient (Wildman–Crippen LogP) is 4.36. The minimum atomic E-state index is -0.852. The number of aryl methyl sites for hydroxylation is 1. The van der Waals surface area contributed by atoms with Crippen LogP contribution in [0.25, 0.3) is 0 Å². The lowest BCUT2D eigenvalue weighted by Gasteiger charge is -2.26. The Hall–Kier alpha value is -1.34. The van der Waals surface area contributed by atoms with Gasteiger partial charge in [-0.25, -0.2) is 0 Å². The lowest BCUT2D eigenvalue weighted by Crippen LogP contribution is -2.24. The van der Waals surface area contributed by atoms with Gasteiger partial charge in [0.2, 0.25) is 0 Å². The van der Waals surface area contributed by atoms with Crippen molar-refractivity contribution >= 4 is 0 Å². The van der Waals surface area contributed by atoms with E-state index in [0.29, 0.717) is 12.8 Å². The van der Waals surface area contributed by atoms with Crippen molar-refractivity contribution in [1.82, 2.24) is 0 Å². The lowest BCUT2D eigenvalue weighted by atomic mass is 9.86. The first-order valence-electron chi connectivity index (χ1n) is 6.14. The molecule has 0 aliphatic carbocycles. The second-order valence-electron chi connectivity index (χ2n) is 3.89. The normalized spacial score (nSPS) is 10.1. The van der Waals surface area contributed by atoms with Gasteiger partial charge in [-0.2, -0.15) is 0 Å². The molecule has 17 heavy (non-hydrogen) atoms. The average Bonchev–Trinajstić information content (AvgIpc) is 2.32. The fourth-order valence-corrected chi connectivity index (χ4v) is 1.73. The van der Waals surface area contributed by atoms with Crippen molar-refractivity contribution in [2.24, 2.45) is 0 Å². The second kappa shape index (κ2) is 7.86. The molecule has 0 atom stereocenters. The number of hydrogen-bond acceptors (Lipinski definition) is 1.